The number of fused-ring (bicyclic) bond motifs is 1. The van der Waals surface area contributed by atoms with E-state index in [-0.39, 0.29) is 16.3 Å². The molecule has 116 valence electrons. The number of non-ortho nitro benzene ring substituents is 1. The fourth-order valence-corrected chi connectivity index (χ4v) is 3.24. The van der Waals surface area contributed by atoms with E-state index < -0.39 is 10.8 Å². The van der Waals surface area contributed by atoms with Crippen LogP contribution in [0.1, 0.15) is 15.4 Å². The SMILES string of the molecule is Cc1nc2ccc(NC(=O)c3ccc([N+](=O)[O-])cc3Cl)cc2s1. The Morgan fingerprint density at radius 2 is 2.09 bits per heavy atom. The van der Waals surface area contributed by atoms with Crippen LogP contribution in [0.25, 0.3) is 10.2 Å². The van der Waals surface area contributed by atoms with Crippen LogP contribution in [-0.2, 0) is 0 Å². The molecule has 1 heterocycles. The molecule has 1 aromatic heterocycles. The molecule has 3 aromatic rings. The van der Waals surface area contributed by atoms with E-state index in [4.69, 9.17) is 11.6 Å². The highest BCUT2D eigenvalue weighted by atomic mass is 35.5. The van der Waals surface area contributed by atoms with Gasteiger partial charge >= 0.3 is 0 Å². The van der Waals surface area contributed by atoms with Crippen molar-refractivity contribution in [3.8, 4) is 0 Å². The molecule has 0 spiro atoms. The third-order valence-electron chi connectivity index (χ3n) is 3.16. The van der Waals surface area contributed by atoms with Gasteiger partial charge in [-0.2, -0.15) is 0 Å². The van der Waals surface area contributed by atoms with Gasteiger partial charge in [0, 0.05) is 17.8 Å². The zero-order chi connectivity index (χ0) is 16.6. The third kappa shape index (κ3) is 3.15. The number of anilines is 1. The largest absolute Gasteiger partial charge is 0.322 e. The lowest BCUT2D eigenvalue weighted by Crippen LogP contribution is -2.12. The van der Waals surface area contributed by atoms with E-state index in [9.17, 15) is 14.9 Å². The van der Waals surface area contributed by atoms with Gasteiger partial charge in [0.25, 0.3) is 11.6 Å². The lowest BCUT2D eigenvalue weighted by Gasteiger charge is -2.06. The molecule has 6 nitrogen and oxygen atoms in total. The molecule has 0 unspecified atom stereocenters. The van der Waals surface area contributed by atoms with E-state index in [0.717, 1.165) is 21.3 Å². The van der Waals surface area contributed by atoms with Gasteiger partial charge in [-0.1, -0.05) is 11.6 Å². The summed E-state index contributed by atoms with van der Waals surface area (Å²) in [5, 5.41) is 14.4. The summed E-state index contributed by atoms with van der Waals surface area (Å²) in [7, 11) is 0. The Bertz CT molecular complexity index is 939. The monoisotopic (exact) mass is 347 g/mol. The number of benzene rings is 2. The van der Waals surface area contributed by atoms with Crippen molar-refractivity contribution in [1.29, 1.82) is 0 Å². The maximum atomic E-state index is 12.3. The normalized spacial score (nSPS) is 10.7. The number of nitro benzene ring substituents is 1. The second kappa shape index (κ2) is 5.94. The minimum atomic E-state index is -0.562. The Kier molecular flexibility index (Phi) is 3.97. The number of aromatic nitrogens is 1. The average Bonchev–Trinajstić information content (AvgIpc) is 2.86. The van der Waals surface area contributed by atoms with E-state index in [1.165, 1.54) is 23.5 Å². The van der Waals surface area contributed by atoms with E-state index in [1.54, 1.807) is 6.07 Å². The maximum Gasteiger partial charge on any atom is 0.270 e. The quantitative estimate of drug-likeness (QED) is 0.561. The summed E-state index contributed by atoms with van der Waals surface area (Å²) in [6.45, 7) is 1.92. The van der Waals surface area contributed by atoms with Crippen LogP contribution < -0.4 is 5.32 Å². The van der Waals surface area contributed by atoms with Crippen molar-refractivity contribution < 1.29 is 9.72 Å². The summed E-state index contributed by atoms with van der Waals surface area (Å²) in [5.41, 5.74) is 1.50. The van der Waals surface area contributed by atoms with E-state index in [2.05, 4.69) is 10.3 Å². The second-order valence-electron chi connectivity index (χ2n) is 4.79. The second-order valence-corrected chi connectivity index (χ2v) is 6.43. The third-order valence-corrected chi connectivity index (χ3v) is 4.41. The molecule has 0 aliphatic rings. The molecular formula is C15H10ClN3O3S. The highest BCUT2D eigenvalue weighted by molar-refractivity contribution is 7.18. The number of nitrogens with zero attached hydrogens (tertiary/aromatic N) is 2. The number of thiazole rings is 1. The van der Waals surface area contributed by atoms with Gasteiger partial charge in [-0.15, -0.1) is 11.3 Å². The van der Waals surface area contributed by atoms with Crippen molar-refractivity contribution in [3.63, 3.8) is 0 Å². The molecule has 0 bridgehead atoms. The van der Waals surface area contributed by atoms with E-state index in [1.807, 2.05) is 19.1 Å². The number of halogens is 1. The van der Waals surface area contributed by atoms with Crippen molar-refractivity contribution in [2.24, 2.45) is 0 Å². The average molecular weight is 348 g/mol. The molecule has 1 amide bonds. The Labute approximate surface area is 139 Å². The summed E-state index contributed by atoms with van der Waals surface area (Å²) in [6, 6.07) is 9.15. The zero-order valence-corrected chi connectivity index (χ0v) is 13.4. The molecule has 0 saturated heterocycles. The predicted molar refractivity (Wildman–Crippen MR) is 90.4 cm³/mol. The minimum absolute atomic E-state index is 0.0337. The number of nitrogens with one attached hydrogen (secondary N) is 1. The van der Waals surface area contributed by atoms with Gasteiger partial charge in [-0.05, 0) is 31.2 Å². The Hall–Kier alpha value is -2.51. The van der Waals surface area contributed by atoms with E-state index >= 15 is 0 Å². The van der Waals surface area contributed by atoms with Crippen molar-refractivity contribution in [1.82, 2.24) is 4.98 Å². The minimum Gasteiger partial charge on any atom is -0.322 e. The first kappa shape index (κ1) is 15.4. The van der Waals surface area contributed by atoms with Gasteiger partial charge in [-0.3, -0.25) is 14.9 Å². The van der Waals surface area contributed by atoms with Crippen LogP contribution in [0.5, 0.6) is 0 Å². The van der Waals surface area contributed by atoms with Crippen LogP contribution in [0, 0.1) is 17.0 Å². The topological polar surface area (TPSA) is 85.1 Å². The molecular weight excluding hydrogens is 338 g/mol. The van der Waals surface area contributed by atoms with Crippen LogP contribution in [0.3, 0.4) is 0 Å². The highest BCUT2D eigenvalue weighted by Gasteiger charge is 2.15. The van der Waals surface area contributed by atoms with Crippen molar-refractivity contribution in [3.05, 3.63) is 62.1 Å². The predicted octanol–water partition coefficient (Wildman–Crippen LogP) is 4.42. The molecule has 23 heavy (non-hydrogen) atoms. The van der Waals surface area contributed by atoms with E-state index in [0.29, 0.717) is 5.69 Å². The Morgan fingerprint density at radius 1 is 1.30 bits per heavy atom. The Morgan fingerprint density at radius 3 is 2.78 bits per heavy atom. The van der Waals surface area contributed by atoms with Crippen LogP contribution in [0.4, 0.5) is 11.4 Å². The summed E-state index contributed by atoms with van der Waals surface area (Å²) >= 11 is 7.49. The molecule has 2 aromatic carbocycles. The van der Waals surface area contributed by atoms with Gasteiger partial charge in [0.2, 0.25) is 0 Å². The molecule has 0 radical (unpaired) electrons. The van der Waals surface area contributed by atoms with Gasteiger partial charge in [-0.25, -0.2) is 4.98 Å². The number of carbonyl (C=O) groups excluding carboxylic acids is 1. The van der Waals surface area contributed by atoms with Crippen molar-refractivity contribution in [2.75, 3.05) is 5.32 Å². The number of hydrogen-bond acceptors (Lipinski definition) is 5. The van der Waals surface area contributed by atoms with Crippen LogP contribution in [0.2, 0.25) is 5.02 Å². The standard InChI is InChI=1S/C15H10ClN3O3S/c1-8-17-13-5-2-9(6-14(13)23-8)18-15(20)11-4-3-10(19(21)22)7-12(11)16/h2-7H,1H3,(H,18,20). The fraction of sp³-hybridized carbons (Fsp3) is 0.0667. The number of amides is 1. The lowest BCUT2D eigenvalue weighted by molar-refractivity contribution is -0.384. The van der Waals surface area contributed by atoms with Crippen molar-refractivity contribution >= 4 is 50.4 Å². The van der Waals surface area contributed by atoms with Gasteiger partial charge < -0.3 is 5.32 Å². The molecule has 0 atom stereocenters. The smallest absolute Gasteiger partial charge is 0.270 e. The lowest BCUT2D eigenvalue weighted by atomic mass is 10.2. The van der Waals surface area contributed by atoms with Gasteiger partial charge in [0.1, 0.15) is 0 Å². The first-order valence-electron chi connectivity index (χ1n) is 6.56. The molecule has 0 aliphatic carbocycles. The molecule has 0 saturated carbocycles. The first-order chi connectivity index (χ1) is 10.9. The maximum absolute atomic E-state index is 12.3. The van der Waals surface area contributed by atoms with Crippen LogP contribution in [0.15, 0.2) is 36.4 Å². The Balaban J connectivity index is 1.86. The molecule has 1 N–H and O–H groups in total. The molecule has 8 heteroatoms. The number of rotatable bonds is 3. The summed E-state index contributed by atoms with van der Waals surface area (Å²) in [4.78, 5) is 26.8. The number of aryl methyl sites for hydroxylation is 1. The summed E-state index contributed by atoms with van der Waals surface area (Å²) in [5.74, 6) is -0.425. The van der Waals surface area contributed by atoms with Crippen LogP contribution in [-0.4, -0.2) is 15.8 Å². The number of hydrogen-bond donors (Lipinski definition) is 1. The molecule has 3 rings (SSSR count). The zero-order valence-electron chi connectivity index (χ0n) is 11.9. The van der Waals surface area contributed by atoms with Crippen LogP contribution >= 0.6 is 22.9 Å². The fourth-order valence-electron chi connectivity index (χ4n) is 2.12. The number of carbonyl (C=O) groups is 1. The summed E-state index contributed by atoms with van der Waals surface area (Å²) in [6.07, 6.45) is 0. The molecule has 0 aliphatic heterocycles. The van der Waals surface area contributed by atoms with Gasteiger partial charge in [0.15, 0.2) is 0 Å². The molecule has 0 fully saturated rings. The summed E-state index contributed by atoms with van der Waals surface area (Å²) < 4.78 is 0.968. The first-order valence-corrected chi connectivity index (χ1v) is 7.76. The highest BCUT2D eigenvalue weighted by Crippen LogP contribution is 2.26. The number of nitro groups is 1. The van der Waals surface area contributed by atoms with Gasteiger partial charge in [0.05, 0.1) is 30.7 Å². The van der Waals surface area contributed by atoms with Crippen molar-refractivity contribution in [2.45, 2.75) is 6.92 Å².